The van der Waals surface area contributed by atoms with Crippen molar-refractivity contribution in [2.24, 2.45) is 0 Å². The Balaban J connectivity index is 1.34. The quantitative estimate of drug-likeness (QED) is 0.586. The molecule has 0 saturated carbocycles. The van der Waals surface area contributed by atoms with Gasteiger partial charge in [0.1, 0.15) is 5.82 Å². The smallest absolute Gasteiger partial charge is 0.237 e. The van der Waals surface area contributed by atoms with Crippen molar-refractivity contribution in [3.8, 4) is 11.4 Å². The number of aromatic amines is 1. The summed E-state index contributed by atoms with van der Waals surface area (Å²) in [6, 6.07) is 14.1. The van der Waals surface area contributed by atoms with Gasteiger partial charge in [0.25, 0.3) is 0 Å². The fourth-order valence-corrected chi connectivity index (χ4v) is 3.83. The number of nitrogens with zero attached hydrogens (tertiary/aromatic N) is 3. The number of nitrogens with one attached hydrogen (secondary N) is 2. The second kappa shape index (κ2) is 9.27. The summed E-state index contributed by atoms with van der Waals surface area (Å²) in [4.78, 5) is 19.1. The molecule has 30 heavy (non-hydrogen) atoms. The van der Waals surface area contributed by atoms with E-state index in [1.807, 2.05) is 24.3 Å². The summed E-state index contributed by atoms with van der Waals surface area (Å²) < 4.78 is 19.3. The van der Waals surface area contributed by atoms with Gasteiger partial charge in [-0.15, -0.1) is 5.10 Å². The molecule has 1 aliphatic rings. The number of amides is 1. The molecule has 2 heterocycles. The monoisotopic (exact) mass is 427 g/mol. The van der Waals surface area contributed by atoms with Crippen molar-refractivity contribution in [3.05, 3.63) is 54.3 Å². The summed E-state index contributed by atoms with van der Waals surface area (Å²) >= 11 is 1.21. The minimum atomic E-state index is -0.423. The van der Waals surface area contributed by atoms with Crippen molar-refractivity contribution < 1.29 is 13.9 Å². The van der Waals surface area contributed by atoms with Crippen LogP contribution in [0.5, 0.6) is 0 Å². The molecule has 0 bridgehead atoms. The molecule has 2 aromatic carbocycles. The highest BCUT2D eigenvalue weighted by molar-refractivity contribution is 8.00. The Morgan fingerprint density at radius 3 is 2.67 bits per heavy atom. The summed E-state index contributed by atoms with van der Waals surface area (Å²) in [6.45, 7) is 4.97. The lowest BCUT2D eigenvalue weighted by Gasteiger charge is -2.28. The van der Waals surface area contributed by atoms with E-state index in [-0.39, 0.29) is 11.7 Å². The van der Waals surface area contributed by atoms with E-state index in [0.29, 0.717) is 16.5 Å². The molecule has 3 aromatic rings. The first kappa shape index (κ1) is 20.4. The second-order valence-corrected chi connectivity index (χ2v) is 8.15. The van der Waals surface area contributed by atoms with Gasteiger partial charge in [0.15, 0.2) is 5.82 Å². The molecule has 0 aliphatic carbocycles. The molecule has 0 spiro atoms. The summed E-state index contributed by atoms with van der Waals surface area (Å²) in [7, 11) is 0. The van der Waals surface area contributed by atoms with E-state index < -0.39 is 5.25 Å². The molecule has 9 heteroatoms. The maximum Gasteiger partial charge on any atom is 0.237 e. The number of anilines is 2. The largest absolute Gasteiger partial charge is 0.378 e. The van der Waals surface area contributed by atoms with E-state index >= 15 is 0 Å². The summed E-state index contributed by atoms with van der Waals surface area (Å²) in [5.41, 5.74) is 2.18. The number of morpholine rings is 1. The van der Waals surface area contributed by atoms with Crippen LogP contribution in [0, 0.1) is 5.82 Å². The van der Waals surface area contributed by atoms with Crippen LogP contribution in [0.3, 0.4) is 0 Å². The number of benzene rings is 2. The standard InChI is InChI=1S/C21H22FN5O2S/c1-14(30-21-24-19(25-26-21)17-4-2-3-5-18(17)22)20(28)23-15-6-8-16(9-7-15)27-10-12-29-13-11-27/h2-9,14H,10-13H2,1H3,(H,23,28)(H,24,25,26). The van der Waals surface area contributed by atoms with Gasteiger partial charge in [0, 0.05) is 24.5 Å². The Bertz CT molecular complexity index is 1000. The molecule has 4 rings (SSSR count). The van der Waals surface area contributed by atoms with Crippen LogP contribution < -0.4 is 10.2 Å². The maximum atomic E-state index is 13.9. The van der Waals surface area contributed by atoms with Crippen molar-refractivity contribution in [2.75, 3.05) is 36.5 Å². The van der Waals surface area contributed by atoms with Gasteiger partial charge in [-0.3, -0.25) is 9.89 Å². The van der Waals surface area contributed by atoms with Crippen molar-refractivity contribution in [1.29, 1.82) is 0 Å². The van der Waals surface area contributed by atoms with E-state index in [9.17, 15) is 9.18 Å². The van der Waals surface area contributed by atoms with Crippen LogP contribution in [-0.4, -0.2) is 52.6 Å². The lowest BCUT2D eigenvalue weighted by Crippen LogP contribution is -2.36. The SMILES string of the molecule is CC(Sc1n[nH]c(-c2ccccc2F)n1)C(=O)Nc1ccc(N2CCOCC2)cc1. The number of ether oxygens (including phenoxy) is 1. The third-order valence-electron chi connectivity index (χ3n) is 4.76. The number of carbonyl (C=O) groups excluding carboxylic acids is 1. The Labute approximate surface area is 178 Å². The number of H-pyrrole nitrogens is 1. The molecule has 1 aromatic heterocycles. The highest BCUT2D eigenvalue weighted by Gasteiger charge is 2.19. The molecule has 1 amide bonds. The Hall–Kier alpha value is -2.91. The lowest BCUT2D eigenvalue weighted by atomic mass is 10.2. The highest BCUT2D eigenvalue weighted by Crippen LogP contribution is 2.25. The third kappa shape index (κ3) is 4.80. The molecule has 156 valence electrons. The Morgan fingerprint density at radius 1 is 1.20 bits per heavy atom. The molecule has 1 fully saturated rings. The van der Waals surface area contributed by atoms with E-state index in [4.69, 9.17) is 4.74 Å². The zero-order chi connectivity index (χ0) is 20.9. The number of halogens is 1. The molecule has 1 saturated heterocycles. The highest BCUT2D eigenvalue weighted by atomic mass is 32.2. The number of hydrogen-bond acceptors (Lipinski definition) is 6. The minimum Gasteiger partial charge on any atom is -0.378 e. The van der Waals surface area contributed by atoms with Crippen LogP contribution in [0.15, 0.2) is 53.7 Å². The zero-order valence-corrected chi connectivity index (χ0v) is 17.3. The molecular formula is C21H22FN5O2S. The number of carbonyl (C=O) groups is 1. The van der Waals surface area contributed by atoms with Gasteiger partial charge in [0.05, 0.1) is 24.0 Å². The van der Waals surface area contributed by atoms with Crippen LogP contribution in [-0.2, 0) is 9.53 Å². The Morgan fingerprint density at radius 2 is 1.93 bits per heavy atom. The Kier molecular flexibility index (Phi) is 6.29. The third-order valence-corrected chi connectivity index (χ3v) is 5.72. The van der Waals surface area contributed by atoms with Crippen LogP contribution >= 0.6 is 11.8 Å². The summed E-state index contributed by atoms with van der Waals surface area (Å²) in [5, 5.41) is 9.69. The van der Waals surface area contributed by atoms with Crippen molar-refractivity contribution in [3.63, 3.8) is 0 Å². The van der Waals surface area contributed by atoms with Gasteiger partial charge in [-0.05, 0) is 43.3 Å². The fraction of sp³-hybridized carbons (Fsp3) is 0.286. The van der Waals surface area contributed by atoms with Gasteiger partial charge in [-0.25, -0.2) is 9.37 Å². The number of aromatic nitrogens is 3. The predicted molar refractivity (Wildman–Crippen MR) is 115 cm³/mol. The topological polar surface area (TPSA) is 83.1 Å². The van der Waals surface area contributed by atoms with Gasteiger partial charge in [0.2, 0.25) is 11.1 Å². The van der Waals surface area contributed by atoms with Crippen molar-refractivity contribution >= 4 is 29.0 Å². The van der Waals surface area contributed by atoms with Crippen LogP contribution in [0.2, 0.25) is 0 Å². The molecule has 7 nitrogen and oxygen atoms in total. The van der Waals surface area contributed by atoms with E-state index in [1.165, 1.54) is 17.8 Å². The number of rotatable bonds is 6. The van der Waals surface area contributed by atoms with Gasteiger partial charge in [-0.2, -0.15) is 0 Å². The van der Waals surface area contributed by atoms with Crippen LogP contribution in [0.4, 0.5) is 15.8 Å². The van der Waals surface area contributed by atoms with E-state index in [1.54, 1.807) is 25.1 Å². The average molecular weight is 428 g/mol. The predicted octanol–water partition coefficient (Wildman–Crippen LogP) is 3.57. The fourth-order valence-electron chi connectivity index (χ4n) is 3.11. The molecule has 2 N–H and O–H groups in total. The molecule has 1 atom stereocenters. The second-order valence-electron chi connectivity index (χ2n) is 6.84. The average Bonchev–Trinajstić information content (AvgIpc) is 3.23. The van der Waals surface area contributed by atoms with Crippen LogP contribution in [0.1, 0.15) is 6.92 Å². The lowest BCUT2D eigenvalue weighted by molar-refractivity contribution is -0.115. The first-order chi connectivity index (χ1) is 14.6. The number of thioether (sulfide) groups is 1. The first-order valence-electron chi connectivity index (χ1n) is 9.68. The van der Waals surface area contributed by atoms with Crippen molar-refractivity contribution in [2.45, 2.75) is 17.3 Å². The molecular weight excluding hydrogens is 405 g/mol. The van der Waals surface area contributed by atoms with E-state index in [2.05, 4.69) is 25.4 Å². The minimum absolute atomic E-state index is 0.156. The van der Waals surface area contributed by atoms with Gasteiger partial charge in [-0.1, -0.05) is 23.9 Å². The molecule has 1 unspecified atom stereocenters. The number of hydrogen-bond donors (Lipinski definition) is 2. The summed E-state index contributed by atoms with van der Waals surface area (Å²) in [6.07, 6.45) is 0. The van der Waals surface area contributed by atoms with Gasteiger partial charge >= 0.3 is 0 Å². The van der Waals surface area contributed by atoms with Gasteiger partial charge < -0.3 is 15.0 Å². The maximum absolute atomic E-state index is 13.9. The van der Waals surface area contributed by atoms with E-state index in [0.717, 1.165) is 37.7 Å². The first-order valence-corrected chi connectivity index (χ1v) is 10.6. The summed E-state index contributed by atoms with van der Waals surface area (Å²) in [5.74, 6) is -0.199. The zero-order valence-electron chi connectivity index (χ0n) is 16.5. The molecule has 0 radical (unpaired) electrons. The normalized spacial score (nSPS) is 15.1. The molecule has 1 aliphatic heterocycles. The van der Waals surface area contributed by atoms with Crippen LogP contribution in [0.25, 0.3) is 11.4 Å². The van der Waals surface area contributed by atoms with Crippen molar-refractivity contribution in [1.82, 2.24) is 15.2 Å².